The monoisotopic (exact) mass is 314 g/mol. The highest BCUT2D eigenvalue weighted by molar-refractivity contribution is 5.85. The SMILES string of the molecule is CCCC(N)C(=O)NCC(CC)Oc1cccc(C)c1.Cl. The fraction of sp³-hybridized carbons (Fsp3) is 0.562. The molecular formula is C16H27ClN2O2. The highest BCUT2D eigenvalue weighted by Gasteiger charge is 2.15. The second-order valence-corrected chi connectivity index (χ2v) is 5.10. The molecule has 1 amide bonds. The first kappa shape index (κ1) is 19.7. The Bertz CT molecular complexity index is 426. The van der Waals surface area contributed by atoms with Crippen molar-refractivity contribution in [3.63, 3.8) is 0 Å². The molecule has 0 bridgehead atoms. The number of amides is 1. The molecule has 21 heavy (non-hydrogen) atoms. The van der Waals surface area contributed by atoms with Gasteiger partial charge in [0.25, 0.3) is 0 Å². The fourth-order valence-electron chi connectivity index (χ4n) is 1.94. The summed E-state index contributed by atoms with van der Waals surface area (Å²) >= 11 is 0. The van der Waals surface area contributed by atoms with E-state index in [0.717, 1.165) is 24.2 Å². The van der Waals surface area contributed by atoms with Crippen molar-refractivity contribution in [1.29, 1.82) is 0 Å². The highest BCUT2D eigenvalue weighted by Crippen LogP contribution is 2.15. The van der Waals surface area contributed by atoms with E-state index in [1.807, 2.05) is 45.0 Å². The van der Waals surface area contributed by atoms with Crippen molar-refractivity contribution in [3.05, 3.63) is 29.8 Å². The van der Waals surface area contributed by atoms with Gasteiger partial charge in [-0.2, -0.15) is 0 Å². The van der Waals surface area contributed by atoms with Crippen LogP contribution < -0.4 is 15.8 Å². The Morgan fingerprint density at radius 1 is 1.38 bits per heavy atom. The Balaban J connectivity index is 0.00000400. The van der Waals surface area contributed by atoms with Crippen molar-refractivity contribution < 1.29 is 9.53 Å². The number of nitrogens with one attached hydrogen (secondary N) is 1. The van der Waals surface area contributed by atoms with E-state index in [0.29, 0.717) is 13.0 Å². The van der Waals surface area contributed by atoms with Gasteiger partial charge in [-0.05, 0) is 37.5 Å². The molecule has 0 aliphatic heterocycles. The first-order valence-electron chi connectivity index (χ1n) is 7.33. The topological polar surface area (TPSA) is 64.4 Å². The lowest BCUT2D eigenvalue weighted by atomic mass is 10.1. The number of hydrogen-bond donors (Lipinski definition) is 2. The van der Waals surface area contributed by atoms with E-state index >= 15 is 0 Å². The fourth-order valence-corrected chi connectivity index (χ4v) is 1.94. The third kappa shape index (κ3) is 7.34. The smallest absolute Gasteiger partial charge is 0.237 e. The normalized spacial score (nSPS) is 13.0. The Labute approximate surface area is 133 Å². The van der Waals surface area contributed by atoms with Gasteiger partial charge in [-0.1, -0.05) is 32.4 Å². The number of benzene rings is 1. The van der Waals surface area contributed by atoms with Crippen molar-refractivity contribution in [2.45, 2.75) is 52.2 Å². The molecule has 0 aliphatic carbocycles. The van der Waals surface area contributed by atoms with Gasteiger partial charge in [0.15, 0.2) is 0 Å². The molecule has 0 saturated carbocycles. The van der Waals surface area contributed by atoms with Crippen molar-refractivity contribution in [1.82, 2.24) is 5.32 Å². The zero-order chi connectivity index (χ0) is 15.0. The molecule has 1 aromatic carbocycles. The molecule has 0 aromatic heterocycles. The average molecular weight is 315 g/mol. The zero-order valence-corrected chi connectivity index (χ0v) is 13.9. The first-order valence-corrected chi connectivity index (χ1v) is 7.33. The summed E-state index contributed by atoms with van der Waals surface area (Å²) in [7, 11) is 0. The third-order valence-corrected chi connectivity index (χ3v) is 3.19. The minimum absolute atomic E-state index is 0. The maximum absolute atomic E-state index is 11.8. The van der Waals surface area contributed by atoms with Gasteiger partial charge < -0.3 is 15.8 Å². The van der Waals surface area contributed by atoms with Crippen LogP contribution in [-0.4, -0.2) is 24.6 Å². The number of aryl methyl sites for hydroxylation is 1. The number of ether oxygens (including phenoxy) is 1. The Hall–Kier alpha value is -1.26. The molecule has 0 heterocycles. The summed E-state index contributed by atoms with van der Waals surface area (Å²) in [4.78, 5) is 11.8. The lowest BCUT2D eigenvalue weighted by Crippen LogP contribution is -2.44. The van der Waals surface area contributed by atoms with E-state index in [9.17, 15) is 4.79 Å². The molecule has 2 atom stereocenters. The molecule has 5 heteroatoms. The largest absolute Gasteiger partial charge is 0.489 e. The summed E-state index contributed by atoms with van der Waals surface area (Å²) in [6, 6.07) is 7.50. The standard InChI is InChI=1S/C16H26N2O2.ClH/c1-4-7-15(17)16(19)18-11-13(5-2)20-14-9-6-8-12(3)10-14;/h6,8-10,13,15H,4-5,7,11,17H2,1-3H3,(H,18,19);1H. The average Bonchev–Trinajstić information content (AvgIpc) is 2.43. The summed E-state index contributed by atoms with van der Waals surface area (Å²) in [5.74, 6) is 0.738. The van der Waals surface area contributed by atoms with Crippen LogP contribution in [0.15, 0.2) is 24.3 Å². The van der Waals surface area contributed by atoms with Crippen molar-refractivity contribution in [2.24, 2.45) is 5.73 Å². The van der Waals surface area contributed by atoms with Crippen LogP contribution in [-0.2, 0) is 4.79 Å². The van der Waals surface area contributed by atoms with Crippen LogP contribution in [0.3, 0.4) is 0 Å². The van der Waals surface area contributed by atoms with Crippen LogP contribution >= 0.6 is 12.4 Å². The molecule has 120 valence electrons. The van der Waals surface area contributed by atoms with Crippen LogP contribution in [0, 0.1) is 6.92 Å². The van der Waals surface area contributed by atoms with E-state index in [-0.39, 0.29) is 24.4 Å². The van der Waals surface area contributed by atoms with Crippen molar-refractivity contribution in [3.8, 4) is 5.75 Å². The predicted molar refractivity (Wildman–Crippen MR) is 89.0 cm³/mol. The summed E-state index contributed by atoms with van der Waals surface area (Å²) < 4.78 is 5.88. The zero-order valence-electron chi connectivity index (χ0n) is 13.1. The number of rotatable bonds is 8. The predicted octanol–water partition coefficient (Wildman–Crippen LogP) is 2.82. The van der Waals surface area contributed by atoms with E-state index < -0.39 is 6.04 Å². The summed E-state index contributed by atoms with van der Waals surface area (Å²) in [5, 5.41) is 2.86. The van der Waals surface area contributed by atoms with Crippen LogP contribution in [0.2, 0.25) is 0 Å². The van der Waals surface area contributed by atoms with Crippen molar-refractivity contribution in [2.75, 3.05) is 6.54 Å². The quantitative estimate of drug-likeness (QED) is 0.775. The molecule has 4 nitrogen and oxygen atoms in total. The molecule has 0 aliphatic rings. The molecule has 0 saturated heterocycles. The van der Waals surface area contributed by atoms with E-state index in [4.69, 9.17) is 10.5 Å². The lowest BCUT2D eigenvalue weighted by molar-refractivity contribution is -0.122. The number of halogens is 1. The minimum atomic E-state index is -0.420. The minimum Gasteiger partial charge on any atom is -0.489 e. The second-order valence-electron chi connectivity index (χ2n) is 5.10. The summed E-state index contributed by atoms with van der Waals surface area (Å²) in [5.41, 5.74) is 6.93. The van der Waals surface area contributed by atoms with Crippen LogP contribution in [0.1, 0.15) is 38.7 Å². The highest BCUT2D eigenvalue weighted by atomic mass is 35.5. The van der Waals surface area contributed by atoms with Gasteiger partial charge in [-0.15, -0.1) is 12.4 Å². The number of carbonyl (C=O) groups is 1. The van der Waals surface area contributed by atoms with Crippen LogP contribution in [0.4, 0.5) is 0 Å². The molecule has 0 spiro atoms. The van der Waals surface area contributed by atoms with Gasteiger partial charge in [0.1, 0.15) is 11.9 Å². The van der Waals surface area contributed by atoms with E-state index in [2.05, 4.69) is 5.32 Å². The van der Waals surface area contributed by atoms with Gasteiger partial charge in [-0.25, -0.2) is 0 Å². The van der Waals surface area contributed by atoms with Gasteiger partial charge in [-0.3, -0.25) is 4.79 Å². The van der Waals surface area contributed by atoms with Crippen LogP contribution in [0.25, 0.3) is 0 Å². The summed E-state index contributed by atoms with van der Waals surface area (Å²) in [6.07, 6.45) is 2.42. The Morgan fingerprint density at radius 3 is 2.67 bits per heavy atom. The lowest BCUT2D eigenvalue weighted by Gasteiger charge is -2.19. The molecule has 1 rings (SSSR count). The maximum atomic E-state index is 11.8. The second kappa shape index (κ2) is 10.5. The van der Waals surface area contributed by atoms with Gasteiger partial charge >= 0.3 is 0 Å². The van der Waals surface area contributed by atoms with Gasteiger partial charge in [0, 0.05) is 0 Å². The third-order valence-electron chi connectivity index (χ3n) is 3.19. The van der Waals surface area contributed by atoms with Crippen LogP contribution in [0.5, 0.6) is 5.75 Å². The molecule has 0 fully saturated rings. The van der Waals surface area contributed by atoms with E-state index in [1.165, 1.54) is 0 Å². The molecule has 1 aromatic rings. The molecular weight excluding hydrogens is 288 g/mol. The van der Waals surface area contributed by atoms with Gasteiger partial charge in [0.2, 0.25) is 5.91 Å². The molecule has 3 N–H and O–H groups in total. The van der Waals surface area contributed by atoms with E-state index in [1.54, 1.807) is 0 Å². The number of hydrogen-bond acceptors (Lipinski definition) is 3. The molecule has 0 radical (unpaired) electrons. The molecule has 2 unspecified atom stereocenters. The maximum Gasteiger partial charge on any atom is 0.237 e. The summed E-state index contributed by atoms with van der Waals surface area (Å²) in [6.45, 7) is 6.57. The first-order chi connectivity index (χ1) is 9.56. The van der Waals surface area contributed by atoms with Crippen molar-refractivity contribution >= 4 is 18.3 Å². The Kier molecular flexibility index (Phi) is 9.84. The van der Waals surface area contributed by atoms with Gasteiger partial charge in [0.05, 0.1) is 12.6 Å². The number of nitrogens with two attached hydrogens (primary N) is 1. The number of carbonyl (C=O) groups excluding carboxylic acids is 1. The Morgan fingerprint density at radius 2 is 2.10 bits per heavy atom.